The molecule has 1 aliphatic carbocycles. The van der Waals surface area contributed by atoms with Crippen LogP contribution in [0.25, 0.3) is 11.1 Å². The SMILES string of the molecule is O=C(Nc1ccc(C(=O)C2CC=CC3=CNC=C4COCCN4C32)c(Cl)c1)c1ccc(F)cc1-c1ccccc1. The van der Waals surface area contributed by atoms with Crippen molar-refractivity contribution in [1.29, 1.82) is 0 Å². The standard InChI is InChI=1S/C32H27ClFN3O3/c33-29-16-23(36-32(39)25-11-9-22(34)15-28(25)20-5-2-1-3-6-20)10-12-26(29)31(38)27-8-4-7-21-17-35-18-24-19-40-14-13-37(24)30(21)27/h1-7,9-12,15-18,27,30,35H,8,13-14,19H2,(H,36,39). The van der Waals surface area contributed by atoms with Crippen LogP contribution in [0.15, 0.2) is 103 Å². The van der Waals surface area contributed by atoms with Crippen LogP contribution in [-0.4, -0.2) is 42.4 Å². The number of carbonyl (C=O) groups is 2. The Balaban J connectivity index is 1.24. The topological polar surface area (TPSA) is 70.7 Å². The lowest BCUT2D eigenvalue weighted by Crippen LogP contribution is -2.48. The number of morpholine rings is 1. The molecule has 40 heavy (non-hydrogen) atoms. The second-order valence-electron chi connectivity index (χ2n) is 9.95. The van der Waals surface area contributed by atoms with Crippen LogP contribution < -0.4 is 10.6 Å². The molecule has 1 fully saturated rings. The highest BCUT2D eigenvalue weighted by Gasteiger charge is 2.39. The van der Waals surface area contributed by atoms with Crippen LogP contribution in [0.3, 0.4) is 0 Å². The van der Waals surface area contributed by atoms with Gasteiger partial charge in [0.2, 0.25) is 0 Å². The predicted molar refractivity (Wildman–Crippen MR) is 153 cm³/mol. The summed E-state index contributed by atoms with van der Waals surface area (Å²) in [6.45, 7) is 1.78. The summed E-state index contributed by atoms with van der Waals surface area (Å²) in [6.07, 6.45) is 8.54. The van der Waals surface area contributed by atoms with Crippen molar-refractivity contribution in [2.75, 3.05) is 25.1 Å². The van der Waals surface area contributed by atoms with Crippen LogP contribution in [0.5, 0.6) is 0 Å². The minimum Gasteiger partial charge on any atom is -0.373 e. The summed E-state index contributed by atoms with van der Waals surface area (Å²) in [5.74, 6) is -1.22. The number of nitrogens with zero attached hydrogens (tertiary/aromatic N) is 1. The molecular formula is C32H27ClFN3O3. The van der Waals surface area contributed by atoms with E-state index in [2.05, 4.69) is 21.6 Å². The molecule has 6 nitrogen and oxygen atoms in total. The number of amides is 1. The smallest absolute Gasteiger partial charge is 0.256 e. The molecule has 0 saturated carbocycles. The zero-order valence-corrected chi connectivity index (χ0v) is 22.3. The molecule has 1 saturated heterocycles. The molecule has 1 amide bonds. The van der Waals surface area contributed by atoms with E-state index in [1.54, 1.807) is 18.2 Å². The Morgan fingerprint density at radius 3 is 2.67 bits per heavy atom. The second kappa shape index (κ2) is 11.1. The quantitative estimate of drug-likeness (QED) is 0.368. The summed E-state index contributed by atoms with van der Waals surface area (Å²) in [5, 5.41) is 6.33. The number of halogens is 2. The van der Waals surface area contributed by atoms with Gasteiger partial charge >= 0.3 is 0 Å². The number of ketones is 1. The highest BCUT2D eigenvalue weighted by molar-refractivity contribution is 6.34. The summed E-state index contributed by atoms with van der Waals surface area (Å²) in [5.41, 5.74) is 4.43. The van der Waals surface area contributed by atoms with E-state index in [0.29, 0.717) is 48.6 Å². The Bertz CT molecular complexity index is 1570. The molecule has 2 aliphatic heterocycles. The normalized spacial score (nSPS) is 19.8. The van der Waals surface area contributed by atoms with E-state index >= 15 is 0 Å². The van der Waals surface area contributed by atoms with Gasteiger partial charge in [0.25, 0.3) is 5.91 Å². The molecule has 3 aliphatic rings. The third kappa shape index (κ3) is 5.06. The third-order valence-electron chi connectivity index (χ3n) is 7.49. The zero-order chi connectivity index (χ0) is 27.6. The van der Waals surface area contributed by atoms with Crippen LogP contribution in [0, 0.1) is 11.7 Å². The molecule has 3 aromatic rings. The number of Topliss-reactive ketones (excluding diaryl/α,β-unsaturated/α-hetero) is 1. The van der Waals surface area contributed by atoms with Gasteiger partial charge in [0, 0.05) is 35.8 Å². The maximum Gasteiger partial charge on any atom is 0.256 e. The molecule has 2 unspecified atom stereocenters. The number of ether oxygens (including phenoxy) is 1. The van der Waals surface area contributed by atoms with Crippen molar-refractivity contribution in [1.82, 2.24) is 10.2 Å². The van der Waals surface area contributed by atoms with Crippen molar-refractivity contribution in [2.45, 2.75) is 12.5 Å². The highest BCUT2D eigenvalue weighted by atomic mass is 35.5. The van der Waals surface area contributed by atoms with Gasteiger partial charge in [-0.25, -0.2) is 4.39 Å². The van der Waals surface area contributed by atoms with Crippen molar-refractivity contribution in [3.8, 4) is 11.1 Å². The van der Waals surface area contributed by atoms with Gasteiger partial charge in [-0.2, -0.15) is 0 Å². The van der Waals surface area contributed by atoms with Gasteiger partial charge in [0.15, 0.2) is 5.78 Å². The molecule has 3 aromatic carbocycles. The van der Waals surface area contributed by atoms with Crippen molar-refractivity contribution >= 4 is 29.0 Å². The van der Waals surface area contributed by atoms with Crippen molar-refractivity contribution < 1.29 is 18.7 Å². The first kappa shape index (κ1) is 26.0. The minimum absolute atomic E-state index is 0.0548. The van der Waals surface area contributed by atoms with Gasteiger partial charge < -0.3 is 20.3 Å². The van der Waals surface area contributed by atoms with Crippen molar-refractivity contribution in [3.05, 3.63) is 125 Å². The van der Waals surface area contributed by atoms with Crippen LogP contribution >= 0.6 is 11.6 Å². The van der Waals surface area contributed by atoms with Gasteiger partial charge in [0.05, 0.1) is 35.9 Å². The molecule has 2 heterocycles. The average Bonchev–Trinajstić information content (AvgIpc) is 3.17. The second-order valence-corrected chi connectivity index (χ2v) is 10.4. The Morgan fingerprint density at radius 1 is 1.02 bits per heavy atom. The molecule has 0 radical (unpaired) electrons. The van der Waals surface area contributed by atoms with Gasteiger partial charge in [-0.05, 0) is 59.5 Å². The monoisotopic (exact) mass is 555 g/mol. The van der Waals surface area contributed by atoms with E-state index in [0.717, 1.165) is 16.8 Å². The first-order valence-corrected chi connectivity index (χ1v) is 13.5. The lowest BCUT2D eigenvalue weighted by molar-refractivity contribution is 0.0455. The van der Waals surface area contributed by atoms with E-state index in [9.17, 15) is 14.0 Å². The highest BCUT2D eigenvalue weighted by Crippen LogP contribution is 2.36. The fourth-order valence-electron chi connectivity index (χ4n) is 5.60. The van der Waals surface area contributed by atoms with Gasteiger partial charge in [0.1, 0.15) is 5.82 Å². The number of benzene rings is 3. The summed E-state index contributed by atoms with van der Waals surface area (Å²) in [7, 11) is 0. The average molecular weight is 556 g/mol. The van der Waals surface area contributed by atoms with Gasteiger partial charge in [-0.1, -0.05) is 54.1 Å². The van der Waals surface area contributed by atoms with E-state index < -0.39 is 11.7 Å². The zero-order valence-electron chi connectivity index (χ0n) is 21.6. The summed E-state index contributed by atoms with van der Waals surface area (Å²) in [6, 6.07) is 18.0. The maximum atomic E-state index is 14.1. The molecule has 2 atom stereocenters. The lowest BCUT2D eigenvalue weighted by atomic mass is 9.79. The number of nitrogens with one attached hydrogen (secondary N) is 2. The molecule has 2 N–H and O–H groups in total. The molecule has 202 valence electrons. The molecule has 0 spiro atoms. The molecule has 0 bridgehead atoms. The number of hydrogen-bond acceptors (Lipinski definition) is 5. The molecule has 6 rings (SSSR count). The predicted octanol–water partition coefficient (Wildman–Crippen LogP) is 6.19. The number of allylic oxidation sites excluding steroid dienone is 1. The van der Waals surface area contributed by atoms with E-state index in [1.165, 1.54) is 18.2 Å². The number of anilines is 1. The van der Waals surface area contributed by atoms with Crippen molar-refractivity contribution in [3.63, 3.8) is 0 Å². The number of fused-ring (bicyclic) bond motifs is 3. The third-order valence-corrected chi connectivity index (χ3v) is 7.81. The Morgan fingerprint density at radius 2 is 1.85 bits per heavy atom. The van der Waals surface area contributed by atoms with Crippen LogP contribution in [-0.2, 0) is 4.74 Å². The minimum atomic E-state index is -0.430. The van der Waals surface area contributed by atoms with Crippen LogP contribution in [0.1, 0.15) is 27.1 Å². The summed E-state index contributed by atoms with van der Waals surface area (Å²) in [4.78, 5) is 29.4. The molecule has 8 heteroatoms. The number of carbonyl (C=O) groups excluding carboxylic acids is 2. The molecule has 0 aromatic heterocycles. The lowest BCUT2D eigenvalue weighted by Gasteiger charge is -2.42. The first-order valence-electron chi connectivity index (χ1n) is 13.2. The fourth-order valence-corrected chi connectivity index (χ4v) is 5.87. The van der Waals surface area contributed by atoms with Gasteiger partial charge in [-0.15, -0.1) is 0 Å². The van der Waals surface area contributed by atoms with Gasteiger partial charge in [-0.3, -0.25) is 9.59 Å². The largest absolute Gasteiger partial charge is 0.373 e. The fraction of sp³-hybridized carbons (Fsp3) is 0.188. The van der Waals surface area contributed by atoms with E-state index in [-0.39, 0.29) is 22.8 Å². The van der Waals surface area contributed by atoms with E-state index in [1.807, 2.05) is 48.8 Å². The maximum absolute atomic E-state index is 14.1. The number of hydrogen-bond donors (Lipinski definition) is 2. The first-order chi connectivity index (χ1) is 19.5. The Hall–Kier alpha value is -4.20. The Kier molecular flexibility index (Phi) is 7.24. The van der Waals surface area contributed by atoms with E-state index in [4.69, 9.17) is 16.3 Å². The Labute approximate surface area is 236 Å². The summed E-state index contributed by atoms with van der Waals surface area (Å²) < 4.78 is 19.7. The van der Waals surface area contributed by atoms with Crippen LogP contribution in [0.2, 0.25) is 5.02 Å². The number of rotatable bonds is 5. The van der Waals surface area contributed by atoms with Crippen molar-refractivity contribution in [2.24, 2.45) is 5.92 Å². The van der Waals surface area contributed by atoms with Crippen LogP contribution in [0.4, 0.5) is 10.1 Å². The molecular weight excluding hydrogens is 529 g/mol. The summed E-state index contributed by atoms with van der Waals surface area (Å²) >= 11 is 6.65.